The van der Waals surface area contributed by atoms with Crippen LogP contribution in [-0.4, -0.2) is 50.8 Å². The van der Waals surface area contributed by atoms with Crippen molar-refractivity contribution < 1.29 is 22.7 Å². The van der Waals surface area contributed by atoms with Gasteiger partial charge in [0.1, 0.15) is 6.04 Å². The van der Waals surface area contributed by atoms with E-state index in [4.69, 9.17) is 4.74 Å². The third-order valence-electron chi connectivity index (χ3n) is 5.45. The fourth-order valence-corrected chi connectivity index (χ4v) is 4.64. The zero-order chi connectivity index (χ0) is 20.9. The molecule has 2 atom stereocenters. The minimum Gasteiger partial charge on any atom is -0.467 e. The number of amides is 1. The molecule has 1 saturated heterocycles. The molecule has 2 rings (SSSR count). The summed E-state index contributed by atoms with van der Waals surface area (Å²) in [6.07, 6.45) is 2.40. The maximum atomic E-state index is 12.8. The summed E-state index contributed by atoms with van der Waals surface area (Å²) in [7, 11) is -2.28. The second kappa shape index (κ2) is 9.52. The monoisotopic (exact) mass is 410 g/mol. The van der Waals surface area contributed by atoms with Gasteiger partial charge in [0.2, 0.25) is 10.0 Å². The van der Waals surface area contributed by atoms with Gasteiger partial charge in [-0.15, -0.1) is 0 Å². The zero-order valence-electron chi connectivity index (χ0n) is 17.0. The number of carbonyl (C=O) groups excluding carboxylic acids is 2. The zero-order valence-corrected chi connectivity index (χ0v) is 17.8. The van der Waals surface area contributed by atoms with Gasteiger partial charge in [-0.2, -0.15) is 4.31 Å². The molecule has 0 aromatic heterocycles. The molecule has 1 N–H and O–H groups in total. The van der Waals surface area contributed by atoms with E-state index in [1.165, 1.54) is 35.7 Å². The number of piperidine rings is 1. The van der Waals surface area contributed by atoms with Crippen molar-refractivity contribution in [1.29, 1.82) is 0 Å². The molecular weight excluding hydrogens is 380 g/mol. The summed E-state index contributed by atoms with van der Waals surface area (Å²) in [5, 5.41) is 2.69. The average molecular weight is 411 g/mol. The molecule has 8 heteroatoms. The smallest absolute Gasteiger partial charge is 0.328 e. The van der Waals surface area contributed by atoms with E-state index in [-0.39, 0.29) is 10.8 Å². The van der Waals surface area contributed by atoms with Crippen molar-refractivity contribution in [1.82, 2.24) is 9.62 Å². The summed E-state index contributed by atoms with van der Waals surface area (Å²) in [5.74, 6) is -0.490. The van der Waals surface area contributed by atoms with E-state index in [2.05, 4.69) is 12.2 Å². The molecule has 1 heterocycles. The van der Waals surface area contributed by atoms with Crippen LogP contribution in [0.25, 0.3) is 0 Å². The third kappa shape index (κ3) is 5.11. The van der Waals surface area contributed by atoms with Crippen LogP contribution in [0.5, 0.6) is 0 Å². The highest BCUT2D eigenvalue weighted by molar-refractivity contribution is 7.89. The number of carbonyl (C=O) groups is 2. The van der Waals surface area contributed by atoms with Gasteiger partial charge in [-0.25, -0.2) is 13.2 Å². The average Bonchev–Trinajstić information content (AvgIpc) is 2.71. The molecule has 0 aliphatic carbocycles. The van der Waals surface area contributed by atoms with Crippen LogP contribution in [0.1, 0.15) is 50.4 Å². The SMILES string of the molecule is CC[C@H](C)[C@H](NC(=O)c1ccc(S(=O)(=O)N2CCC(C)CC2)cc1)C(=O)OC. The van der Waals surface area contributed by atoms with E-state index >= 15 is 0 Å². The Hall–Kier alpha value is -1.93. The number of hydrogen-bond donors (Lipinski definition) is 1. The second-order valence-corrected chi connectivity index (χ2v) is 9.41. The second-order valence-electron chi connectivity index (χ2n) is 7.47. The molecule has 7 nitrogen and oxygen atoms in total. The van der Waals surface area contributed by atoms with Gasteiger partial charge in [0.05, 0.1) is 12.0 Å². The molecule has 0 radical (unpaired) electrons. The first kappa shape index (κ1) is 22.4. The Bertz CT molecular complexity index is 783. The van der Waals surface area contributed by atoms with Crippen LogP contribution in [0.2, 0.25) is 0 Å². The summed E-state index contributed by atoms with van der Waals surface area (Å²) in [4.78, 5) is 24.6. The highest BCUT2D eigenvalue weighted by Crippen LogP contribution is 2.23. The first-order valence-electron chi connectivity index (χ1n) is 9.69. The van der Waals surface area contributed by atoms with Crippen molar-refractivity contribution >= 4 is 21.9 Å². The summed E-state index contributed by atoms with van der Waals surface area (Å²) >= 11 is 0. The van der Waals surface area contributed by atoms with Crippen molar-refractivity contribution in [3.8, 4) is 0 Å². The van der Waals surface area contributed by atoms with E-state index in [1.54, 1.807) is 0 Å². The van der Waals surface area contributed by atoms with Crippen LogP contribution in [0, 0.1) is 11.8 Å². The number of hydrogen-bond acceptors (Lipinski definition) is 5. The van der Waals surface area contributed by atoms with Crippen LogP contribution in [0.4, 0.5) is 0 Å². The van der Waals surface area contributed by atoms with Crippen LogP contribution >= 0.6 is 0 Å². The van der Waals surface area contributed by atoms with Gasteiger partial charge in [0.15, 0.2) is 0 Å². The summed E-state index contributed by atoms with van der Waals surface area (Å²) < 4.78 is 31.8. The van der Waals surface area contributed by atoms with E-state index in [9.17, 15) is 18.0 Å². The molecule has 1 amide bonds. The number of esters is 1. The van der Waals surface area contributed by atoms with Crippen LogP contribution < -0.4 is 5.32 Å². The standard InChI is InChI=1S/C20H30N2O5S/c1-5-15(3)18(20(24)27-4)21-19(23)16-6-8-17(9-7-16)28(25,26)22-12-10-14(2)11-13-22/h6-9,14-15,18H,5,10-13H2,1-4H3,(H,21,23)/t15-,18-/m0/s1. The highest BCUT2D eigenvalue weighted by atomic mass is 32.2. The maximum Gasteiger partial charge on any atom is 0.328 e. The molecule has 1 aliphatic heterocycles. The Kier molecular flexibility index (Phi) is 7.60. The van der Waals surface area contributed by atoms with Crippen molar-refractivity contribution in [3.63, 3.8) is 0 Å². The largest absolute Gasteiger partial charge is 0.467 e. The molecule has 0 saturated carbocycles. The molecule has 1 aromatic rings. The molecule has 156 valence electrons. The minimum atomic E-state index is -3.56. The number of ether oxygens (including phenoxy) is 1. The quantitative estimate of drug-likeness (QED) is 0.697. The Morgan fingerprint density at radius 2 is 1.79 bits per heavy atom. The lowest BCUT2D eigenvalue weighted by Gasteiger charge is -2.29. The number of nitrogens with zero attached hydrogens (tertiary/aromatic N) is 1. The van der Waals surface area contributed by atoms with Gasteiger partial charge in [0.25, 0.3) is 5.91 Å². The van der Waals surface area contributed by atoms with Crippen molar-refractivity contribution in [3.05, 3.63) is 29.8 Å². The van der Waals surface area contributed by atoms with Crippen molar-refractivity contribution in [2.75, 3.05) is 20.2 Å². The van der Waals surface area contributed by atoms with Crippen LogP contribution in [0.15, 0.2) is 29.2 Å². The topological polar surface area (TPSA) is 92.8 Å². The van der Waals surface area contributed by atoms with Crippen molar-refractivity contribution in [2.45, 2.75) is 51.0 Å². The number of nitrogens with one attached hydrogen (secondary N) is 1. The molecule has 28 heavy (non-hydrogen) atoms. The first-order valence-corrected chi connectivity index (χ1v) is 11.1. The lowest BCUT2D eigenvalue weighted by atomic mass is 9.99. The fourth-order valence-electron chi connectivity index (χ4n) is 3.17. The Morgan fingerprint density at radius 3 is 2.29 bits per heavy atom. The molecule has 1 aliphatic rings. The van der Waals surface area contributed by atoms with E-state index in [0.29, 0.717) is 31.0 Å². The molecule has 1 aromatic carbocycles. The van der Waals surface area contributed by atoms with Gasteiger partial charge >= 0.3 is 5.97 Å². The fraction of sp³-hybridized carbons (Fsp3) is 0.600. The molecule has 1 fully saturated rings. The Balaban J connectivity index is 2.12. The summed E-state index contributed by atoms with van der Waals surface area (Å²) in [6.45, 7) is 6.94. The predicted octanol–water partition coefficient (Wildman–Crippen LogP) is 2.42. The Labute approximate surface area is 167 Å². The Morgan fingerprint density at radius 1 is 1.21 bits per heavy atom. The van der Waals surface area contributed by atoms with Gasteiger partial charge in [0, 0.05) is 18.7 Å². The van der Waals surface area contributed by atoms with Crippen LogP contribution in [-0.2, 0) is 19.6 Å². The number of rotatable bonds is 7. The van der Waals surface area contributed by atoms with E-state index in [1.807, 2.05) is 13.8 Å². The molecular formula is C20H30N2O5S. The number of sulfonamides is 1. The van der Waals surface area contributed by atoms with E-state index in [0.717, 1.165) is 12.8 Å². The van der Waals surface area contributed by atoms with Gasteiger partial charge in [-0.1, -0.05) is 27.2 Å². The number of benzene rings is 1. The van der Waals surface area contributed by atoms with E-state index < -0.39 is 27.9 Å². The minimum absolute atomic E-state index is 0.0856. The molecule has 0 spiro atoms. The molecule has 0 bridgehead atoms. The summed E-state index contributed by atoms with van der Waals surface area (Å²) in [5.41, 5.74) is 0.295. The predicted molar refractivity (Wildman–Crippen MR) is 106 cm³/mol. The van der Waals surface area contributed by atoms with Gasteiger partial charge in [-0.05, 0) is 48.9 Å². The number of methoxy groups -OCH3 is 1. The maximum absolute atomic E-state index is 12.8. The third-order valence-corrected chi connectivity index (χ3v) is 7.36. The van der Waals surface area contributed by atoms with Crippen molar-refractivity contribution in [2.24, 2.45) is 11.8 Å². The van der Waals surface area contributed by atoms with Crippen LogP contribution in [0.3, 0.4) is 0 Å². The van der Waals surface area contributed by atoms with Gasteiger partial charge < -0.3 is 10.1 Å². The lowest BCUT2D eigenvalue weighted by molar-refractivity contribution is -0.144. The normalized spacial score (nSPS) is 18.3. The first-order chi connectivity index (χ1) is 13.2. The van der Waals surface area contributed by atoms with Gasteiger partial charge in [-0.3, -0.25) is 4.79 Å². The highest BCUT2D eigenvalue weighted by Gasteiger charge is 2.29. The lowest BCUT2D eigenvalue weighted by Crippen LogP contribution is -2.45. The molecule has 0 unspecified atom stereocenters. The summed E-state index contributed by atoms with van der Waals surface area (Å²) in [6, 6.07) is 5.08.